The second-order valence-electron chi connectivity index (χ2n) is 6.40. The van der Waals surface area contributed by atoms with Gasteiger partial charge in [-0.15, -0.1) is 0 Å². The van der Waals surface area contributed by atoms with Crippen molar-refractivity contribution < 1.29 is 4.98 Å². The van der Waals surface area contributed by atoms with Gasteiger partial charge in [0.2, 0.25) is 5.52 Å². The van der Waals surface area contributed by atoms with Crippen LogP contribution in [0.25, 0.3) is 10.9 Å². The smallest absolute Gasteiger partial charge is 0.214 e. The standard InChI is InChI=1S/C18H19ClN2/c1-2-10-5-11-7-12(6-10)17-16(8-11)21-15-9-13(19)3-4-14(15)18(17)20/h3-5,9,11-12H,2,6-8H2,1H3,(H2,20,21)/p+1. The van der Waals surface area contributed by atoms with Crippen molar-refractivity contribution in [2.24, 2.45) is 5.92 Å². The lowest BCUT2D eigenvalue weighted by atomic mass is 9.70. The Kier molecular flexibility index (Phi) is 2.97. The Morgan fingerprint density at radius 1 is 1.33 bits per heavy atom. The maximum absolute atomic E-state index is 6.53. The van der Waals surface area contributed by atoms with E-state index in [1.807, 2.05) is 18.2 Å². The number of aromatic amines is 1. The number of nitrogens with two attached hydrogens (primary N) is 1. The fourth-order valence-corrected chi connectivity index (χ4v) is 4.31. The molecule has 0 saturated carbocycles. The Hall–Kier alpha value is -1.54. The molecule has 21 heavy (non-hydrogen) atoms. The molecule has 2 aliphatic carbocycles. The van der Waals surface area contributed by atoms with Crippen molar-refractivity contribution in [3.8, 4) is 0 Å². The van der Waals surface area contributed by atoms with E-state index in [2.05, 4.69) is 18.0 Å². The maximum atomic E-state index is 6.53. The van der Waals surface area contributed by atoms with E-state index in [1.54, 1.807) is 5.57 Å². The van der Waals surface area contributed by atoms with Crippen LogP contribution in [0.3, 0.4) is 0 Å². The highest BCUT2D eigenvalue weighted by Gasteiger charge is 2.36. The number of hydrogen-bond acceptors (Lipinski definition) is 1. The van der Waals surface area contributed by atoms with Gasteiger partial charge < -0.3 is 5.73 Å². The van der Waals surface area contributed by atoms with Gasteiger partial charge in [0.25, 0.3) is 0 Å². The molecular weight excluding hydrogens is 280 g/mol. The van der Waals surface area contributed by atoms with Crippen LogP contribution < -0.4 is 10.7 Å². The largest absolute Gasteiger partial charge is 0.398 e. The summed E-state index contributed by atoms with van der Waals surface area (Å²) in [7, 11) is 0. The lowest BCUT2D eigenvalue weighted by Gasteiger charge is -2.33. The van der Waals surface area contributed by atoms with E-state index >= 15 is 0 Å². The molecule has 4 rings (SSSR count). The number of pyridine rings is 1. The third kappa shape index (κ3) is 2.04. The molecule has 0 spiro atoms. The molecule has 2 atom stereocenters. The van der Waals surface area contributed by atoms with Crippen LogP contribution in [0.2, 0.25) is 5.02 Å². The zero-order valence-corrected chi connectivity index (χ0v) is 13.0. The summed E-state index contributed by atoms with van der Waals surface area (Å²) in [5.74, 6) is 1.24. The second kappa shape index (κ2) is 4.74. The number of allylic oxidation sites excluding steroid dienone is 2. The minimum atomic E-state index is 0.579. The molecule has 0 radical (unpaired) electrons. The third-order valence-corrected chi connectivity index (χ3v) is 5.30. The molecule has 2 aromatic rings. The zero-order valence-electron chi connectivity index (χ0n) is 12.2. The van der Waals surface area contributed by atoms with E-state index in [0.717, 1.165) is 40.9 Å². The second-order valence-corrected chi connectivity index (χ2v) is 6.84. The Labute approximate surface area is 130 Å². The lowest BCUT2D eigenvalue weighted by Crippen LogP contribution is -2.30. The van der Waals surface area contributed by atoms with Gasteiger partial charge in [-0.25, -0.2) is 4.98 Å². The molecule has 1 heterocycles. The van der Waals surface area contributed by atoms with Crippen molar-refractivity contribution in [2.75, 3.05) is 5.73 Å². The highest BCUT2D eigenvalue weighted by Crippen LogP contribution is 2.46. The molecule has 0 amide bonds. The fraction of sp³-hybridized carbons (Fsp3) is 0.389. The molecule has 2 nitrogen and oxygen atoms in total. The Morgan fingerprint density at radius 2 is 2.19 bits per heavy atom. The molecule has 3 N–H and O–H groups in total. The molecule has 2 unspecified atom stereocenters. The molecular formula is C18H20ClN2+. The number of aromatic nitrogens is 1. The molecule has 0 saturated heterocycles. The summed E-state index contributed by atoms with van der Waals surface area (Å²) in [6.45, 7) is 2.26. The normalized spacial score (nSPS) is 23.8. The van der Waals surface area contributed by atoms with Crippen molar-refractivity contribution in [3.63, 3.8) is 0 Å². The predicted molar refractivity (Wildman–Crippen MR) is 87.5 cm³/mol. The first-order valence-electron chi connectivity index (χ1n) is 7.78. The molecule has 2 bridgehead atoms. The van der Waals surface area contributed by atoms with Crippen molar-refractivity contribution in [1.29, 1.82) is 0 Å². The van der Waals surface area contributed by atoms with Gasteiger partial charge >= 0.3 is 0 Å². The Morgan fingerprint density at radius 3 is 3.00 bits per heavy atom. The predicted octanol–water partition coefficient (Wildman–Crippen LogP) is 4.28. The number of nitrogens with one attached hydrogen (secondary N) is 1. The molecule has 0 aliphatic heterocycles. The van der Waals surface area contributed by atoms with Crippen LogP contribution in [0.15, 0.2) is 29.8 Å². The van der Waals surface area contributed by atoms with E-state index < -0.39 is 0 Å². The molecule has 1 aromatic carbocycles. The minimum Gasteiger partial charge on any atom is -0.398 e. The van der Waals surface area contributed by atoms with Crippen molar-refractivity contribution in [2.45, 2.75) is 38.5 Å². The summed E-state index contributed by atoms with van der Waals surface area (Å²) >= 11 is 6.12. The molecule has 3 heteroatoms. The zero-order chi connectivity index (χ0) is 14.6. The van der Waals surface area contributed by atoms with Gasteiger partial charge in [-0.3, -0.25) is 0 Å². The Balaban J connectivity index is 1.92. The topological polar surface area (TPSA) is 40.2 Å². The number of H-pyrrole nitrogens is 1. The molecule has 2 aliphatic rings. The SMILES string of the molecule is CCC1=CC2Cc3[nH+]c4cc(Cl)ccc4c(N)c3C(C1)C2. The number of benzene rings is 1. The first-order valence-corrected chi connectivity index (χ1v) is 8.16. The van der Waals surface area contributed by atoms with Crippen LogP contribution in [0, 0.1) is 5.92 Å². The van der Waals surface area contributed by atoms with Gasteiger partial charge in [0, 0.05) is 23.1 Å². The van der Waals surface area contributed by atoms with Gasteiger partial charge in [-0.1, -0.05) is 30.2 Å². The summed E-state index contributed by atoms with van der Waals surface area (Å²) in [5, 5.41) is 1.85. The highest BCUT2D eigenvalue weighted by molar-refractivity contribution is 6.31. The van der Waals surface area contributed by atoms with Gasteiger partial charge in [0.1, 0.15) is 0 Å². The number of rotatable bonds is 1. The average molecular weight is 300 g/mol. The summed E-state index contributed by atoms with van der Waals surface area (Å²) in [6.07, 6.45) is 7.13. The fourth-order valence-electron chi connectivity index (χ4n) is 4.14. The first kappa shape index (κ1) is 13.1. The van der Waals surface area contributed by atoms with Gasteiger partial charge in [0.05, 0.1) is 11.1 Å². The van der Waals surface area contributed by atoms with Crippen LogP contribution in [0.4, 0.5) is 5.69 Å². The van der Waals surface area contributed by atoms with E-state index in [-0.39, 0.29) is 0 Å². The van der Waals surface area contributed by atoms with Gasteiger partial charge in [0.15, 0.2) is 5.69 Å². The highest BCUT2D eigenvalue weighted by atomic mass is 35.5. The van der Waals surface area contributed by atoms with E-state index in [1.165, 1.54) is 17.7 Å². The third-order valence-electron chi connectivity index (χ3n) is 5.07. The van der Waals surface area contributed by atoms with E-state index in [4.69, 9.17) is 17.3 Å². The lowest BCUT2D eigenvalue weighted by molar-refractivity contribution is -0.360. The Bertz CT molecular complexity index is 763. The van der Waals surface area contributed by atoms with Crippen molar-refractivity contribution in [3.05, 3.63) is 46.1 Å². The van der Waals surface area contributed by atoms with E-state index in [0.29, 0.717) is 11.8 Å². The van der Waals surface area contributed by atoms with Crippen LogP contribution in [0.5, 0.6) is 0 Å². The van der Waals surface area contributed by atoms with Crippen LogP contribution in [-0.2, 0) is 6.42 Å². The summed E-state index contributed by atoms with van der Waals surface area (Å²) in [4.78, 5) is 3.60. The minimum absolute atomic E-state index is 0.579. The van der Waals surface area contributed by atoms with Gasteiger partial charge in [-0.2, -0.15) is 0 Å². The number of fused-ring (bicyclic) bond motifs is 5. The summed E-state index contributed by atoms with van der Waals surface area (Å²) in [6, 6.07) is 5.94. The first-order chi connectivity index (χ1) is 10.2. The number of anilines is 1. The van der Waals surface area contributed by atoms with Crippen LogP contribution in [-0.4, -0.2) is 0 Å². The molecule has 1 aromatic heterocycles. The number of hydrogen-bond donors (Lipinski definition) is 1. The van der Waals surface area contributed by atoms with Crippen LogP contribution in [0.1, 0.15) is 43.4 Å². The average Bonchev–Trinajstić information content (AvgIpc) is 2.46. The summed E-state index contributed by atoms with van der Waals surface area (Å²) in [5.41, 5.74) is 12.8. The quantitative estimate of drug-likeness (QED) is 0.785. The van der Waals surface area contributed by atoms with Crippen LogP contribution >= 0.6 is 11.6 Å². The van der Waals surface area contributed by atoms with Crippen molar-refractivity contribution in [1.82, 2.24) is 0 Å². The summed E-state index contributed by atoms with van der Waals surface area (Å²) < 4.78 is 0. The maximum Gasteiger partial charge on any atom is 0.214 e. The number of halogens is 1. The monoisotopic (exact) mass is 299 g/mol. The molecule has 0 fully saturated rings. The van der Waals surface area contributed by atoms with E-state index in [9.17, 15) is 0 Å². The molecule has 108 valence electrons. The number of nitrogen functional groups attached to an aromatic ring is 1. The van der Waals surface area contributed by atoms with Crippen molar-refractivity contribution >= 4 is 28.2 Å². The van der Waals surface area contributed by atoms with Gasteiger partial charge in [-0.05, 0) is 43.2 Å².